The quantitative estimate of drug-likeness (QED) is 0.731. The lowest BCUT2D eigenvalue weighted by Gasteiger charge is -2.12. The fraction of sp³-hybridized carbons (Fsp3) is 0.278. The van der Waals surface area contributed by atoms with Crippen LogP contribution in [-0.2, 0) is 0 Å². The van der Waals surface area contributed by atoms with Crippen LogP contribution in [0.3, 0.4) is 0 Å². The van der Waals surface area contributed by atoms with E-state index < -0.39 is 0 Å². The summed E-state index contributed by atoms with van der Waals surface area (Å²) in [6.45, 7) is 4.06. The van der Waals surface area contributed by atoms with Crippen molar-refractivity contribution in [2.24, 2.45) is 0 Å². The molecular formula is C18H19ClN4O3. The van der Waals surface area contributed by atoms with Crippen molar-refractivity contribution in [1.82, 2.24) is 14.8 Å². The Labute approximate surface area is 155 Å². The summed E-state index contributed by atoms with van der Waals surface area (Å²) in [4.78, 5) is 17.0. The number of halogens is 1. The standard InChI is InChI=1S/C18H19ClN4O3/c1-10(2)23-17-12(8-21-23)5-13(9-20-17)22-18(24)11-6-14(19)16(26-4)15(7-11)25-3/h5-10H,1-4H3,(H,22,24). The van der Waals surface area contributed by atoms with Crippen molar-refractivity contribution in [3.05, 3.63) is 41.2 Å². The number of methoxy groups -OCH3 is 2. The Kier molecular flexibility index (Phi) is 4.99. The number of rotatable bonds is 5. The first kappa shape index (κ1) is 18.0. The summed E-state index contributed by atoms with van der Waals surface area (Å²) < 4.78 is 12.2. The first-order chi connectivity index (χ1) is 12.4. The first-order valence-corrected chi connectivity index (χ1v) is 8.38. The van der Waals surface area contributed by atoms with Crippen LogP contribution in [-0.4, -0.2) is 34.9 Å². The molecule has 1 aromatic carbocycles. The number of hydrogen-bond donors (Lipinski definition) is 1. The zero-order chi connectivity index (χ0) is 18.8. The van der Waals surface area contributed by atoms with Crippen LogP contribution in [0.15, 0.2) is 30.6 Å². The number of pyridine rings is 1. The van der Waals surface area contributed by atoms with E-state index in [-0.39, 0.29) is 11.9 Å². The van der Waals surface area contributed by atoms with Gasteiger partial charge in [0.05, 0.1) is 37.3 Å². The monoisotopic (exact) mass is 374 g/mol. The Bertz CT molecular complexity index is 968. The molecule has 2 heterocycles. The number of carbonyl (C=O) groups excluding carboxylic acids is 1. The van der Waals surface area contributed by atoms with E-state index in [0.717, 1.165) is 11.0 Å². The van der Waals surface area contributed by atoms with Gasteiger partial charge < -0.3 is 14.8 Å². The predicted octanol–water partition coefficient (Wildman–Crippen LogP) is 3.94. The van der Waals surface area contributed by atoms with E-state index in [2.05, 4.69) is 15.4 Å². The van der Waals surface area contributed by atoms with Gasteiger partial charge in [-0.25, -0.2) is 9.67 Å². The van der Waals surface area contributed by atoms with Gasteiger partial charge in [-0.2, -0.15) is 5.10 Å². The highest BCUT2D eigenvalue weighted by Crippen LogP contribution is 2.36. The second-order valence-electron chi connectivity index (χ2n) is 5.97. The Morgan fingerprint density at radius 3 is 2.62 bits per heavy atom. The average molecular weight is 375 g/mol. The minimum atomic E-state index is -0.328. The van der Waals surface area contributed by atoms with E-state index in [0.29, 0.717) is 27.8 Å². The Hall–Kier alpha value is -2.80. The molecule has 0 aliphatic heterocycles. The number of nitrogens with zero attached hydrogens (tertiary/aromatic N) is 3. The number of nitrogens with one attached hydrogen (secondary N) is 1. The van der Waals surface area contributed by atoms with Crippen molar-refractivity contribution >= 4 is 34.2 Å². The molecule has 136 valence electrons. The highest BCUT2D eigenvalue weighted by atomic mass is 35.5. The molecule has 3 rings (SSSR count). The number of hydrogen-bond acceptors (Lipinski definition) is 5. The van der Waals surface area contributed by atoms with Gasteiger partial charge in [0, 0.05) is 17.0 Å². The van der Waals surface area contributed by atoms with Crippen LogP contribution in [0.2, 0.25) is 5.02 Å². The Morgan fingerprint density at radius 2 is 1.96 bits per heavy atom. The molecule has 26 heavy (non-hydrogen) atoms. The average Bonchev–Trinajstić information content (AvgIpc) is 3.04. The summed E-state index contributed by atoms with van der Waals surface area (Å²) in [5.74, 6) is 0.442. The summed E-state index contributed by atoms with van der Waals surface area (Å²) in [6.07, 6.45) is 3.33. The molecule has 0 radical (unpaired) electrons. The molecule has 0 bridgehead atoms. The van der Waals surface area contributed by atoms with E-state index in [1.54, 1.807) is 18.5 Å². The van der Waals surface area contributed by atoms with E-state index in [1.165, 1.54) is 20.3 Å². The highest BCUT2D eigenvalue weighted by Gasteiger charge is 2.16. The normalized spacial score (nSPS) is 11.0. The van der Waals surface area contributed by atoms with Crippen molar-refractivity contribution in [3.8, 4) is 11.5 Å². The lowest BCUT2D eigenvalue weighted by atomic mass is 10.2. The molecule has 7 nitrogen and oxygen atoms in total. The molecule has 0 aliphatic carbocycles. The molecule has 0 fully saturated rings. The fourth-order valence-electron chi connectivity index (χ4n) is 2.64. The molecule has 8 heteroatoms. The van der Waals surface area contributed by atoms with Crippen molar-refractivity contribution in [2.75, 3.05) is 19.5 Å². The molecule has 0 spiro atoms. The van der Waals surface area contributed by atoms with Gasteiger partial charge in [0.1, 0.15) is 0 Å². The minimum Gasteiger partial charge on any atom is -0.493 e. The van der Waals surface area contributed by atoms with Gasteiger partial charge in [0.15, 0.2) is 17.1 Å². The largest absolute Gasteiger partial charge is 0.493 e. The van der Waals surface area contributed by atoms with Gasteiger partial charge in [-0.05, 0) is 32.0 Å². The van der Waals surface area contributed by atoms with Crippen LogP contribution in [0.5, 0.6) is 11.5 Å². The maximum atomic E-state index is 12.6. The highest BCUT2D eigenvalue weighted by molar-refractivity contribution is 6.32. The molecule has 1 amide bonds. The Balaban J connectivity index is 1.88. The number of carbonyl (C=O) groups is 1. The fourth-order valence-corrected chi connectivity index (χ4v) is 2.93. The third-order valence-corrected chi connectivity index (χ3v) is 4.16. The maximum absolute atomic E-state index is 12.6. The van der Waals surface area contributed by atoms with Gasteiger partial charge in [0.25, 0.3) is 5.91 Å². The van der Waals surface area contributed by atoms with Crippen LogP contribution in [0.1, 0.15) is 30.2 Å². The van der Waals surface area contributed by atoms with Crippen LogP contribution in [0, 0.1) is 0 Å². The molecule has 0 atom stereocenters. The number of benzene rings is 1. The summed E-state index contributed by atoms with van der Waals surface area (Å²) >= 11 is 6.16. The molecule has 2 aromatic heterocycles. The molecule has 0 unspecified atom stereocenters. The summed E-state index contributed by atoms with van der Waals surface area (Å²) in [5.41, 5.74) is 1.69. The van der Waals surface area contributed by atoms with Crippen LogP contribution >= 0.6 is 11.6 Å². The second kappa shape index (κ2) is 7.21. The number of aromatic nitrogens is 3. The maximum Gasteiger partial charge on any atom is 0.255 e. The number of anilines is 1. The molecular weight excluding hydrogens is 356 g/mol. The molecule has 0 saturated heterocycles. The van der Waals surface area contributed by atoms with Crippen molar-refractivity contribution in [3.63, 3.8) is 0 Å². The van der Waals surface area contributed by atoms with Crippen LogP contribution in [0.4, 0.5) is 5.69 Å². The zero-order valence-corrected chi connectivity index (χ0v) is 15.7. The van der Waals surface area contributed by atoms with Crippen molar-refractivity contribution < 1.29 is 14.3 Å². The lowest BCUT2D eigenvalue weighted by molar-refractivity contribution is 0.102. The zero-order valence-electron chi connectivity index (χ0n) is 14.9. The van der Waals surface area contributed by atoms with Gasteiger partial charge in [-0.15, -0.1) is 0 Å². The number of amides is 1. The lowest BCUT2D eigenvalue weighted by Crippen LogP contribution is -2.12. The molecule has 0 saturated carbocycles. The minimum absolute atomic E-state index is 0.203. The summed E-state index contributed by atoms with van der Waals surface area (Å²) in [7, 11) is 2.97. The smallest absolute Gasteiger partial charge is 0.255 e. The van der Waals surface area contributed by atoms with Crippen molar-refractivity contribution in [2.45, 2.75) is 19.9 Å². The SMILES string of the molecule is COc1cc(C(=O)Nc2cnc3c(cnn3C(C)C)c2)cc(Cl)c1OC. The third kappa shape index (κ3) is 3.30. The van der Waals surface area contributed by atoms with Gasteiger partial charge in [-0.3, -0.25) is 4.79 Å². The number of ether oxygens (including phenoxy) is 2. The van der Waals surface area contributed by atoms with E-state index in [4.69, 9.17) is 21.1 Å². The summed E-state index contributed by atoms with van der Waals surface area (Å²) in [5, 5.41) is 8.28. The Morgan fingerprint density at radius 1 is 1.19 bits per heavy atom. The predicted molar refractivity (Wildman–Crippen MR) is 100 cm³/mol. The molecule has 3 aromatic rings. The molecule has 1 N–H and O–H groups in total. The van der Waals surface area contributed by atoms with E-state index >= 15 is 0 Å². The molecule has 0 aliphatic rings. The van der Waals surface area contributed by atoms with Gasteiger partial charge >= 0.3 is 0 Å². The van der Waals surface area contributed by atoms with Crippen LogP contribution < -0.4 is 14.8 Å². The van der Waals surface area contributed by atoms with Crippen molar-refractivity contribution in [1.29, 1.82) is 0 Å². The van der Waals surface area contributed by atoms with Gasteiger partial charge in [0.2, 0.25) is 0 Å². The van der Waals surface area contributed by atoms with Crippen LogP contribution in [0.25, 0.3) is 11.0 Å². The second-order valence-corrected chi connectivity index (χ2v) is 6.37. The van der Waals surface area contributed by atoms with E-state index in [9.17, 15) is 4.79 Å². The summed E-state index contributed by atoms with van der Waals surface area (Å²) in [6, 6.07) is 5.13. The number of fused-ring (bicyclic) bond motifs is 1. The van der Waals surface area contributed by atoms with Gasteiger partial charge in [-0.1, -0.05) is 11.6 Å². The topological polar surface area (TPSA) is 78.3 Å². The first-order valence-electron chi connectivity index (χ1n) is 8.00. The third-order valence-electron chi connectivity index (χ3n) is 3.88. The van der Waals surface area contributed by atoms with E-state index in [1.807, 2.05) is 24.6 Å².